The number of phenols is 1. The number of benzene rings is 1. The molecule has 9 heteroatoms. The smallest absolute Gasteiger partial charge is 0.194 e. The number of hydrogen-bond donors (Lipinski definition) is 2. The van der Waals surface area contributed by atoms with Gasteiger partial charge in [0.25, 0.3) is 0 Å². The van der Waals surface area contributed by atoms with E-state index in [0.29, 0.717) is 12.3 Å². The minimum Gasteiger partial charge on any atom is -0.506 e. The van der Waals surface area contributed by atoms with Gasteiger partial charge in [0.15, 0.2) is 11.8 Å². The summed E-state index contributed by atoms with van der Waals surface area (Å²) in [6, 6.07) is 7.53. The quantitative estimate of drug-likeness (QED) is 0.404. The molecule has 1 fully saturated rings. The molecule has 29 heavy (non-hydrogen) atoms. The van der Waals surface area contributed by atoms with Crippen LogP contribution in [0.25, 0.3) is 0 Å². The molecule has 8 nitrogen and oxygen atoms in total. The number of para-hydroxylation sites is 2. The first-order valence-corrected chi connectivity index (χ1v) is 11.4. The number of aromatic hydroxyl groups is 1. The molecule has 0 bridgehead atoms. The van der Waals surface area contributed by atoms with E-state index >= 15 is 0 Å². The van der Waals surface area contributed by atoms with Crippen LogP contribution in [-0.2, 0) is 13.6 Å². The largest absolute Gasteiger partial charge is 0.506 e. The maximum atomic E-state index is 10.1. The number of aliphatic imine (C=N–C) groups is 1. The predicted octanol–water partition coefficient (Wildman–Crippen LogP) is 1.85. The average Bonchev–Trinajstić information content (AvgIpc) is 3.06. The number of guanidine groups is 1. The Morgan fingerprint density at radius 2 is 1.97 bits per heavy atom. The van der Waals surface area contributed by atoms with Crippen molar-refractivity contribution in [2.24, 2.45) is 12.0 Å². The first-order valence-electron chi connectivity index (χ1n) is 10.00. The van der Waals surface area contributed by atoms with Gasteiger partial charge in [-0.3, -0.25) is 0 Å². The zero-order valence-electron chi connectivity index (χ0n) is 17.5. The van der Waals surface area contributed by atoms with E-state index in [0.717, 1.165) is 68.2 Å². The van der Waals surface area contributed by atoms with Crippen LogP contribution in [0.15, 0.2) is 29.3 Å². The minimum absolute atomic E-state index is 0.336. The molecule has 3 rings (SSSR count). The van der Waals surface area contributed by atoms with Crippen molar-refractivity contribution in [3.05, 3.63) is 35.9 Å². The molecule has 0 amide bonds. The standard InChI is InChI=1S/C20H31N7OS/c1-16-23-24-19(25(16)2)15-22-20(21-9-6-14-29-3)27-12-10-26(11-13-27)17-7-4-5-8-18(17)28/h4-5,7-8,28H,6,9-15H2,1-3H3,(H,21,22). The highest BCUT2D eigenvalue weighted by Crippen LogP contribution is 2.27. The number of aromatic nitrogens is 3. The van der Waals surface area contributed by atoms with Crippen LogP contribution in [0, 0.1) is 6.92 Å². The number of piperazine rings is 1. The molecule has 0 unspecified atom stereocenters. The van der Waals surface area contributed by atoms with Crippen molar-refractivity contribution in [2.45, 2.75) is 19.9 Å². The van der Waals surface area contributed by atoms with Gasteiger partial charge in [-0.25, -0.2) is 4.99 Å². The molecule has 0 atom stereocenters. The fourth-order valence-corrected chi connectivity index (χ4v) is 3.74. The number of rotatable bonds is 7. The second kappa shape index (κ2) is 10.4. The maximum absolute atomic E-state index is 10.1. The molecule has 2 N–H and O–H groups in total. The second-order valence-corrected chi connectivity index (χ2v) is 8.08. The Bertz CT molecular complexity index is 815. The van der Waals surface area contributed by atoms with E-state index in [1.807, 2.05) is 48.5 Å². The van der Waals surface area contributed by atoms with Gasteiger partial charge in [0.05, 0.1) is 5.69 Å². The number of hydrogen-bond acceptors (Lipinski definition) is 6. The van der Waals surface area contributed by atoms with Gasteiger partial charge in [0.1, 0.15) is 18.1 Å². The Morgan fingerprint density at radius 3 is 2.62 bits per heavy atom. The number of anilines is 1. The number of nitrogens with one attached hydrogen (secondary N) is 1. The SMILES string of the molecule is CSCCCNC(=NCc1nnc(C)n1C)N1CCN(c2ccccc2O)CC1. The van der Waals surface area contributed by atoms with Crippen molar-refractivity contribution in [1.29, 1.82) is 0 Å². The van der Waals surface area contributed by atoms with Crippen molar-refractivity contribution in [2.75, 3.05) is 49.6 Å². The molecule has 1 aliphatic rings. The number of phenolic OH excluding ortho intramolecular Hbond substituents is 1. The van der Waals surface area contributed by atoms with Crippen LogP contribution >= 0.6 is 11.8 Å². The third-order valence-corrected chi connectivity index (χ3v) is 5.86. The summed E-state index contributed by atoms with van der Waals surface area (Å²) < 4.78 is 1.98. The summed E-state index contributed by atoms with van der Waals surface area (Å²) in [5, 5.41) is 22.0. The van der Waals surface area contributed by atoms with E-state index in [1.165, 1.54) is 0 Å². The Kier molecular flexibility index (Phi) is 7.62. The van der Waals surface area contributed by atoms with Crippen LogP contribution in [-0.4, -0.2) is 75.5 Å². The number of thioether (sulfide) groups is 1. The molecule has 0 aliphatic carbocycles. The Labute approximate surface area is 177 Å². The van der Waals surface area contributed by atoms with E-state index in [-0.39, 0.29) is 0 Å². The lowest BCUT2D eigenvalue weighted by Crippen LogP contribution is -2.52. The normalized spacial score (nSPS) is 15.1. The third-order valence-electron chi connectivity index (χ3n) is 5.16. The summed E-state index contributed by atoms with van der Waals surface area (Å²) >= 11 is 1.86. The van der Waals surface area contributed by atoms with Gasteiger partial charge in [-0.15, -0.1) is 10.2 Å². The highest BCUT2D eigenvalue weighted by atomic mass is 32.2. The Morgan fingerprint density at radius 1 is 1.21 bits per heavy atom. The lowest BCUT2D eigenvalue weighted by Gasteiger charge is -2.38. The topological polar surface area (TPSA) is 81.8 Å². The number of aryl methyl sites for hydroxylation is 1. The first kappa shape index (κ1) is 21.3. The van der Waals surface area contributed by atoms with E-state index < -0.39 is 0 Å². The number of nitrogens with zero attached hydrogens (tertiary/aromatic N) is 6. The summed E-state index contributed by atoms with van der Waals surface area (Å²) in [5.41, 5.74) is 0.896. The van der Waals surface area contributed by atoms with Crippen molar-refractivity contribution in [3.8, 4) is 5.75 Å². The van der Waals surface area contributed by atoms with Gasteiger partial charge < -0.3 is 24.8 Å². The first-order chi connectivity index (χ1) is 14.1. The summed E-state index contributed by atoms with van der Waals surface area (Å²) in [6.07, 6.45) is 3.23. The highest BCUT2D eigenvalue weighted by Gasteiger charge is 2.21. The van der Waals surface area contributed by atoms with E-state index in [9.17, 15) is 5.11 Å². The van der Waals surface area contributed by atoms with Crippen LogP contribution in [0.5, 0.6) is 5.75 Å². The van der Waals surface area contributed by atoms with E-state index in [4.69, 9.17) is 4.99 Å². The molecule has 1 aromatic heterocycles. The van der Waals surface area contributed by atoms with Crippen LogP contribution in [0.2, 0.25) is 0 Å². The van der Waals surface area contributed by atoms with Gasteiger partial charge in [-0.05, 0) is 37.5 Å². The monoisotopic (exact) mass is 417 g/mol. The predicted molar refractivity (Wildman–Crippen MR) is 120 cm³/mol. The van der Waals surface area contributed by atoms with Crippen LogP contribution < -0.4 is 10.2 Å². The van der Waals surface area contributed by atoms with E-state index in [1.54, 1.807) is 6.07 Å². The van der Waals surface area contributed by atoms with Crippen LogP contribution in [0.4, 0.5) is 5.69 Å². The maximum Gasteiger partial charge on any atom is 0.194 e. The molecule has 0 radical (unpaired) electrons. The summed E-state index contributed by atoms with van der Waals surface area (Å²) in [6.45, 7) is 6.72. The summed E-state index contributed by atoms with van der Waals surface area (Å²) in [4.78, 5) is 9.35. The lowest BCUT2D eigenvalue weighted by atomic mass is 10.2. The average molecular weight is 418 g/mol. The molecular weight excluding hydrogens is 386 g/mol. The van der Waals surface area contributed by atoms with Gasteiger partial charge >= 0.3 is 0 Å². The molecule has 0 saturated carbocycles. The molecule has 2 heterocycles. The fraction of sp³-hybridized carbons (Fsp3) is 0.550. The van der Waals surface area contributed by atoms with Gasteiger partial charge in [0, 0.05) is 39.8 Å². The van der Waals surface area contributed by atoms with Crippen molar-refractivity contribution in [3.63, 3.8) is 0 Å². The zero-order chi connectivity index (χ0) is 20.6. The summed E-state index contributed by atoms with van der Waals surface area (Å²) in [5.74, 6) is 4.13. The van der Waals surface area contributed by atoms with Crippen molar-refractivity contribution >= 4 is 23.4 Å². The molecule has 158 valence electrons. The van der Waals surface area contributed by atoms with Crippen molar-refractivity contribution < 1.29 is 5.11 Å². The molecule has 1 aromatic carbocycles. The van der Waals surface area contributed by atoms with Crippen molar-refractivity contribution in [1.82, 2.24) is 25.0 Å². The lowest BCUT2D eigenvalue weighted by molar-refractivity contribution is 0.369. The van der Waals surface area contributed by atoms with Gasteiger partial charge in [-0.1, -0.05) is 12.1 Å². The second-order valence-electron chi connectivity index (χ2n) is 7.10. The van der Waals surface area contributed by atoms with E-state index in [2.05, 4.69) is 31.6 Å². The molecular formula is C20H31N7OS. The third kappa shape index (κ3) is 5.56. The van der Waals surface area contributed by atoms with Crippen LogP contribution in [0.3, 0.4) is 0 Å². The summed E-state index contributed by atoms with van der Waals surface area (Å²) in [7, 11) is 1.97. The Hall–Kier alpha value is -2.42. The highest BCUT2D eigenvalue weighted by molar-refractivity contribution is 7.98. The molecule has 2 aromatic rings. The van der Waals surface area contributed by atoms with Gasteiger partial charge in [0.2, 0.25) is 0 Å². The molecule has 1 aliphatic heterocycles. The van der Waals surface area contributed by atoms with Crippen LogP contribution in [0.1, 0.15) is 18.1 Å². The molecule has 0 spiro atoms. The molecule has 1 saturated heterocycles. The van der Waals surface area contributed by atoms with Gasteiger partial charge in [-0.2, -0.15) is 11.8 Å². The fourth-order valence-electron chi connectivity index (χ4n) is 3.31. The minimum atomic E-state index is 0.336. The Balaban J connectivity index is 1.65. The zero-order valence-corrected chi connectivity index (χ0v) is 18.3.